The van der Waals surface area contributed by atoms with Crippen molar-refractivity contribution in [2.24, 2.45) is 0 Å². The van der Waals surface area contributed by atoms with Crippen molar-refractivity contribution in [3.05, 3.63) is 29.6 Å². The molecule has 110 valence electrons. The molecule has 0 aromatic heterocycles. The molecule has 3 rings (SSSR count). The second-order valence-electron chi connectivity index (χ2n) is 5.43. The lowest BCUT2D eigenvalue weighted by molar-refractivity contribution is -0.0965. The Hall–Kier alpha value is -0.260. The van der Waals surface area contributed by atoms with Crippen LogP contribution >= 0.6 is 27.7 Å². The normalized spacial score (nSPS) is 29.8. The Morgan fingerprint density at radius 1 is 1.50 bits per heavy atom. The summed E-state index contributed by atoms with van der Waals surface area (Å²) in [6, 6.07) is 5.08. The number of rotatable bonds is 3. The third kappa shape index (κ3) is 3.00. The third-order valence-corrected chi connectivity index (χ3v) is 5.82. The van der Waals surface area contributed by atoms with Gasteiger partial charge >= 0.3 is 0 Å². The number of halogens is 2. The molecule has 0 bridgehead atoms. The van der Waals surface area contributed by atoms with Crippen molar-refractivity contribution in [1.29, 1.82) is 0 Å². The predicted molar refractivity (Wildman–Crippen MR) is 83.3 cm³/mol. The van der Waals surface area contributed by atoms with Gasteiger partial charge in [-0.25, -0.2) is 4.39 Å². The van der Waals surface area contributed by atoms with Gasteiger partial charge in [-0.1, -0.05) is 28.1 Å². The van der Waals surface area contributed by atoms with Gasteiger partial charge in [-0.05, 0) is 18.2 Å². The van der Waals surface area contributed by atoms with Crippen LogP contribution in [0.2, 0.25) is 0 Å². The molecular weight excluding hydrogens is 343 g/mol. The van der Waals surface area contributed by atoms with Gasteiger partial charge in [0, 0.05) is 29.5 Å². The standard InChI is InChI=1S/C15H18BrFO2S/c16-9-11-2-1-3-13(17)14(11)19-12-4-6-18-15(8-12)5-7-20-10-15/h1-3,12H,4-10H2. The number of benzene rings is 1. The highest BCUT2D eigenvalue weighted by molar-refractivity contribution is 9.08. The van der Waals surface area contributed by atoms with Crippen LogP contribution in [0.4, 0.5) is 4.39 Å². The average Bonchev–Trinajstić information content (AvgIpc) is 2.89. The molecule has 2 saturated heterocycles. The number of hydrogen-bond donors (Lipinski definition) is 0. The zero-order valence-corrected chi connectivity index (χ0v) is 13.6. The lowest BCUT2D eigenvalue weighted by Gasteiger charge is -2.37. The van der Waals surface area contributed by atoms with Crippen molar-refractivity contribution in [3.8, 4) is 5.75 Å². The molecule has 2 atom stereocenters. The lowest BCUT2D eigenvalue weighted by atomic mass is 9.91. The number of hydrogen-bond acceptors (Lipinski definition) is 3. The van der Waals surface area contributed by atoms with E-state index in [2.05, 4.69) is 15.9 Å². The van der Waals surface area contributed by atoms with Gasteiger partial charge in [0.1, 0.15) is 6.10 Å². The van der Waals surface area contributed by atoms with Crippen LogP contribution in [0.3, 0.4) is 0 Å². The highest BCUT2D eigenvalue weighted by Crippen LogP contribution is 2.40. The van der Waals surface area contributed by atoms with Crippen LogP contribution in [0.15, 0.2) is 18.2 Å². The Bertz CT molecular complexity index is 477. The van der Waals surface area contributed by atoms with Crippen molar-refractivity contribution in [2.75, 3.05) is 18.1 Å². The van der Waals surface area contributed by atoms with Gasteiger partial charge in [0.25, 0.3) is 0 Å². The number of ether oxygens (including phenoxy) is 2. The first kappa shape index (κ1) is 14.7. The van der Waals surface area contributed by atoms with Crippen LogP contribution in [-0.2, 0) is 10.1 Å². The fourth-order valence-corrected chi connectivity index (χ4v) is 4.72. The van der Waals surface area contributed by atoms with E-state index in [9.17, 15) is 4.39 Å². The Morgan fingerprint density at radius 2 is 2.40 bits per heavy atom. The third-order valence-electron chi connectivity index (χ3n) is 3.99. The van der Waals surface area contributed by atoms with Crippen molar-refractivity contribution < 1.29 is 13.9 Å². The first-order valence-corrected chi connectivity index (χ1v) is 9.22. The summed E-state index contributed by atoms with van der Waals surface area (Å²) >= 11 is 5.33. The summed E-state index contributed by atoms with van der Waals surface area (Å²) in [6.45, 7) is 0.712. The summed E-state index contributed by atoms with van der Waals surface area (Å²) in [6.07, 6.45) is 2.84. The first-order chi connectivity index (χ1) is 9.72. The summed E-state index contributed by atoms with van der Waals surface area (Å²) in [4.78, 5) is 0. The maximum Gasteiger partial charge on any atom is 0.165 e. The van der Waals surface area contributed by atoms with E-state index in [1.807, 2.05) is 17.8 Å². The predicted octanol–water partition coefficient (Wildman–Crippen LogP) is 4.15. The van der Waals surface area contributed by atoms with E-state index in [0.717, 1.165) is 36.3 Å². The Kier molecular flexibility index (Phi) is 4.58. The number of alkyl halides is 1. The smallest absolute Gasteiger partial charge is 0.165 e. The molecule has 2 heterocycles. The van der Waals surface area contributed by atoms with E-state index < -0.39 is 0 Å². The zero-order chi connectivity index (χ0) is 14.0. The van der Waals surface area contributed by atoms with Gasteiger partial charge in [-0.15, -0.1) is 0 Å². The molecule has 0 N–H and O–H groups in total. The summed E-state index contributed by atoms with van der Waals surface area (Å²) in [7, 11) is 0. The van der Waals surface area contributed by atoms with E-state index in [4.69, 9.17) is 9.47 Å². The molecule has 5 heteroatoms. The molecule has 1 aromatic carbocycles. The monoisotopic (exact) mass is 360 g/mol. The molecule has 2 aliphatic heterocycles. The van der Waals surface area contributed by atoms with Crippen LogP contribution < -0.4 is 4.74 Å². The Labute approximate surface area is 131 Å². The molecule has 1 aromatic rings. The molecule has 0 aliphatic carbocycles. The first-order valence-electron chi connectivity index (χ1n) is 6.94. The minimum Gasteiger partial charge on any atom is -0.487 e. The fraction of sp³-hybridized carbons (Fsp3) is 0.600. The highest BCUT2D eigenvalue weighted by Gasteiger charge is 2.41. The fourth-order valence-electron chi connectivity index (χ4n) is 2.90. The molecule has 2 fully saturated rings. The van der Waals surface area contributed by atoms with Crippen LogP contribution in [0.5, 0.6) is 5.75 Å². The molecule has 1 spiro atoms. The van der Waals surface area contributed by atoms with E-state index in [-0.39, 0.29) is 17.5 Å². The second kappa shape index (κ2) is 6.24. The van der Waals surface area contributed by atoms with Gasteiger partial charge in [0.05, 0.1) is 12.2 Å². The topological polar surface area (TPSA) is 18.5 Å². The van der Waals surface area contributed by atoms with E-state index in [1.165, 1.54) is 6.07 Å². The van der Waals surface area contributed by atoms with Crippen LogP contribution in [-0.4, -0.2) is 29.8 Å². The van der Waals surface area contributed by atoms with E-state index in [0.29, 0.717) is 17.7 Å². The number of para-hydroxylation sites is 1. The minimum atomic E-state index is -0.275. The van der Waals surface area contributed by atoms with E-state index >= 15 is 0 Å². The summed E-state index contributed by atoms with van der Waals surface area (Å²) in [5.41, 5.74) is 0.833. The SMILES string of the molecule is Fc1cccc(CBr)c1OC1CCOC2(CCSC2)C1. The molecule has 2 unspecified atom stereocenters. The van der Waals surface area contributed by atoms with Crippen LogP contribution in [0.25, 0.3) is 0 Å². The van der Waals surface area contributed by atoms with Crippen molar-refractivity contribution in [2.45, 2.75) is 36.3 Å². The molecule has 0 radical (unpaired) electrons. The molecule has 2 aliphatic rings. The largest absolute Gasteiger partial charge is 0.487 e. The van der Waals surface area contributed by atoms with Gasteiger partial charge in [-0.2, -0.15) is 11.8 Å². The summed E-state index contributed by atoms with van der Waals surface area (Å²) in [5.74, 6) is 2.31. The highest BCUT2D eigenvalue weighted by atomic mass is 79.9. The molecule has 2 nitrogen and oxygen atoms in total. The van der Waals surface area contributed by atoms with Crippen LogP contribution in [0, 0.1) is 5.82 Å². The van der Waals surface area contributed by atoms with Crippen molar-refractivity contribution in [1.82, 2.24) is 0 Å². The maximum absolute atomic E-state index is 14.0. The Balaban J connectivity index is 1.74. The Morgan fingerprint density at radius 3 is 3.15 bits per heavy atom. The van der Waals surface area contributed by atoms with Gasteiger partial charge in [0.15, 0.2) is 11.6 Å². The molecule has 20 heavy (non-hydrogen) atoms. The second-order valence-corrected chi connectivity index (χ2v) is 7.09. The van der Waals surface area contributed by atoms with Gasteiger partial charge in [-0.3, -0.25) is 0 Å². The van der Waals surface area contributed by atoms with Gasteiger partial charge < -0.3 is 9.47 Å². The van der Waals surface area contributed by atoms with Gasteiger partial charge in [0.2, 0.25) is 0 Å². The zero-order valence-electron chi connectivity index (χ0n) is 11.2. The minimum absolute atomic E-state index is 0.0343. The van der Waals surface area contributed by atoms with Crippen LogP contribution in [0.1, 0.15) is 24.8 Å². The average molecular weight is 361 g/mol. The van der Waals surface area contributed by atoms with Crippen molar-refractivity contribution >= 4 is 27.7 Å². The molecule has 0 saturated carbocycles. The quantitative estimate of drug-likeness (QED) is 0.754. The summed E-state index contributed by atoms with van der Waals surface area (Å²) < 4.78 is 26.0. The summed E-state index contributed by atoms with van der Waals surface area (Å²) in [5, 5.41) is 0.601. The van der Waals surface area contributed by atoms with E-state index in [1.54, 1.807) is 6.07 Å². The molecular formula is C15H18BrFO2S. The number of thioether (sulfide) groups is 1. The lowest BCUT2D eigenvalue weighted by Crippen LogP contribution is -2.44. The maximum atomic E-state index is 14.0. The molecule has 0 amide bonds. The van der Waals surface area contributed by atoms with Crippen molar-refractivity contribution in [3.63, 3.8) is 0 Å².